The summed E-state index contributed by atoms with van der Waals surface area (Å²) in [6.45, 7) is 5.12. The Morgan fingerprint density at radius 1 is 1.25 bits per heavy atom. The van der Waals surface area contributed by atoms with Crippen LogP contribution in [0.15, 0.2) is 28.7 Å². The van der Waals surface area contributed by atoms with Crippen molar-refractivity contribution in [1.82, 2.24) is 5.32 Å². The Hall–Kier alpha value is -0.780. The lowest BCUT2D eigenvalue weighted by molar-refractivity contribution is 0.578. The Bertz CT molecular complexity index is 598. The molecular formula is C15H16BrF2NS. The second kappa shape index (κ2) is 6.78. The number of nitrogens with one attached hydrogen (secondary N) is 1. The Balaban J connectivity index is 2.27. The van der Waals surface area contributed by atoms with E-state index in [-0.39, 0.29) is 10.5 Å². The summed E-state index contributed by atoms with van der Waals surface area (Å²) < 4.78 is 27.6. The fraction of sp³-hybridized carbons (Fsp3) is 0.333. The molecule has 1 N–H and O–H groups in total. The van der Waals surface area contributed by atoms with Gasteiger partial charge in [-0.25, -0.2) is 8.78 Å². The van der Waals surface area contributed by atoms with Crippen molar-refractivity contribution >= 4 is 27.3 Å². The molecule has 0 amide bonds. The number of benzene rings is 1. The smallest absolute Gasteiger partial charge is 0.138 e. The molecule has 0 bridgehead atoms. The van der Waals surface area contributed by atoms with Crippen molar-refractivity contribution < 1.29 is 8.78 Å². The van der Waals surface area contributed by atoms with E-state index in [0.29, 0.717) is 5.56 Å². The van der Waals surface area contributed by atoms with Gasteiger partial charge in [-0.1, -0.05) is 6.92 Å². The molecule has 0 radical (unpaired) electrons. The number of hydrogen-bond acceptors (Lipinski definition) is 2. The standard InChI is InChI=1S/C15H16BrF2NS/c1-3-6-19-9(2)14-4-5-15(20-14)10-7-13(18)11(16)8-12(10)17/h4-5,7-9,19H,3,6H2,1-2H3. The number of hydrogen-bond donors (Lipinski definition) is 1. The predicted octanol–water partition coefficient (Wildman–Crippen LogP) is 5.52. The van der Waals surface area contributed by atoms with Crippen molar-refractivity contribution in [3.05, 3.63) is 45.2 Å². The summed E-state index contributed by atoms with van der Waals surface area (Å²) in [7, 11) is 0. The van der Waals surface area contributed by atoms with Gasteiger partial charge >= 0.3 is 0 Å². The van der Waals surface area contributed by atoms with Gasteiger partial charge in [-0.2, -0.15) is 0 Å². The minimum absolute atomic E-state index is 0.147. The van der Waals surface area contributed by atoms with Crippen LogP contribution in [0.25, 0.3) is 10.4 Å². The van der Waals surface area contributed by atoms with Crippen LogP contribution in [0.5, 0.6) is 0 Å². The van der Waals surface area contributed by atoms with Crippen LogP contribution in [0, 0.1) is 11.6 Å². The van der Waals surface area contributed by atoms with Gasteiger partial charge in [0.25, 0.3) is 0 Å². The van der Waals surface area contributed by atoms with E-state index < -0.39 is 11.6 Å². The molecular weight excluding hydrogens is 344 g/mol. The third-order valence-corrected chi connectivity index (χ3v) is 4.94. The quantitative estimate of drug-likeness (QED) is 0.693. The lowest BCUT2D eigenvalue weighted by atomic mass is 10.1. The van der Waals surface area contributed by atoms with E-state index in [0.717, 1.165) is 22.7 Å². The summed E-state index contributed by atoms with van der Waals surface area (Å²) >= 11 is 4.48. The molecule has 2 rings (SSSR count). The number of thiophene rings is 1. The molecule has 1 atom stereocenters. The van der Waals surface area contributed by atoms with Gasteiger partial charge in [-0.15, -0.1) is 11.3 Å². The van der Waals surface area contributed by atoms with Gasteiger partial charge < -0.3 is 5.32 Å². The molecule has 0 aliphatic heterocycles. The summed E-state index contributed by atoms with van der Waals surface area (Å²) in [6.07, 6.45) is 1.06. The van der Waals surface area contributed by atoms with Crippen molar-refractivity contribution in [2.24, 2.45) is 0 Å². The fourth-order valence-electron chi connectivity index (χ4n) is 1.90. The molecule has 1 aromatic heterocycles. The van der Waals surface area contributed by atoms with Crippen LogP contribution < -0.4 is 5.32 Å². The Morgan fingerprint density at radius 2 is 2.00 bits per heavy atom. The zero-order valence-electron chi connectivity index (χ0n) is 11.3. The third-order valence-electron chi connectivity index (χ3n) is 3.03. The maximum Gasteiger partial charge on any atom is 0.138 e. The molecule has 1 unspecified atom stereocenters. The molecule has 20 heavy (non-hydrogen) atoms. The van der Waals surface area contributed by atoms with Crippen molar-refractivity contribution in [3.8, 4) is 10.4 Å². The van der Waals surface area contributed by atoms with Gasteiger partial charge in [0.2, 0.25) is 0 Å². The van der Waals surface area contributed by atoms with Crippen LogP contribution in [0.2, 0.25) is 0 Å². The topological polar surface area (TPSA) is 12.0 Å². The average Bonchev–Trinajstić information content (AvgIpc) is 2.89. The van der Waals surface area contributed by atoms with Gasteiger partial charge in [0.05, 0.1) is 4.47 Å². The summed E-state index contributed by atoms with van der Waals surface area (Å²) in [4.78, 5) is 1.87. The summed E-state index contributed by atoms with van der Waals surface area (Å²) in [5.41, 5.74) is 0.310. The Morgan fingerprint density at radius 3 is 2.70 bits per heavy atom. The van der Waals surface area contributed by atoms with Gasteiger partial charge in [-0.3, -0.25) is 0 Å². The van der Waals surface area contributed by atoms with Crippen molar-refractivity contribution in [3.63, 3.8) is 0 Å². The Labute approximate surface area is 130 Å². The summed E-state index contributed by atoms with van der Waals surface area (Å²) in [5, 5.41) is 3.38. The van der Waals surface area contributed by atoms with E-state index >= 15 is 0 Å². The third kappa shape index (κ3) is 3.45. The molecule has 0 saturated heterocycles. The molecule has 5 heteroatoms. The van der Waals surface area contributed by atoms with E-state index in [9.17, 15) is 8.78 Å². The zero-order chi connectivity index (χ0) is 14.7. The van der Waals surface area contributed by atoms with Crippen molar-refractivity contribution in [2.45, 2.75) is 26.3 Å². The fourth-order valence-corrected chi connectivity index (χ4v) is 3.27. The van der Waals surface area contributed by atoms with Crippen molar-refractivity contribution in [1.29, 1.82) is 0 Å². The second-order valence-corrected chi connectivity index (χ2v) is 6.59. The van der Waals surface area contributed by atoms with Crippen LogP contribution in [0.4, 0.5) is 8.78 Å². The first-order valence-corrected chi connectivity index (χ1v) is 8.12. The molecule has 2 aromatic rings. The minimum Gasteiger partial charge on any atom is -0.309 e. The lowest BCUT2D eigenvalue weighted by Crippen LogP contribution is -2.18. The van der Waals surface area contributed by atoms with E-state index in [1.54, 1.807) is 0 Å². The first-order valence-electron chi connectivity index (χ1n) is 6.51. The van der Waals surface area contributed by atoms with Gasteiger partial charge in [0.1, 0.15) is 11.6 Å². The molecule has 0 saturated carbocycles. The van der Waals surface area contributed by atoms with E-state index in [1.165, 1.54) is 23.5 Å². The van der Waals surface area contributed by atoms with Crippen LogP contribution in [-0.4, -0.2) is 6.54 Å². The monoisotopic (exact) mass is 359 g/mol. The molecule has 0 fully saturated rings. The molecule has 0 aliphatic carbocycles. The second-order valence-electron chi connectivity index (χ2n) is 4.62. The number of rotatable bonds is 5. The van der Waals surface area contributed by atoms with Crippen LogP contribution in [0.3, 0.4) is 0 Å². The molecule has 1 nitrogen and oxygen atoms in total. The van der Waals surface area contributed by atoms with Gasteiger partial charge in [0.15, 0.2) is 0 Å². The predicted molar refractivity (Wildman–Crippen MR) is 84.1 cm³/mol. The maximum atomic E-state index is 13.9. The molecule has 1 aromatic carbocycles. The first-order chi connectivity index (χ1) is 9.52. The number of halogens is 3. The molecule has 1 heterocycles. The first kappa shape index (κ1) is 15.6. The largest absolute Gasteiger partial charge is 0.309 e. The van der Waals surface area contributed by atoms with Crippen LogP contribution in [0.1, 0.15) is 31.2 Å². The highest BCUT2D eigenvalue weighted by Crippen LogP contribution is 2.34. The zero-order valence-corrected chi connectivity index (χ0v) is 13.7. The van der Waals surface area contributed by atoms with Crippen LogP contribution >= 0.6 is 27.3 Å². The summed E-state index contributed by atoms with van der Waals surface area (Å²) in [5.74, 6) is -0.866. The highest BCUT2D eigenvalue weighted by atomic mass is 79.9. The van der Waals surface area contributed by atoms with Gasteiger partial charge in [0, 0.05) is 21.4 Å². The highest BCUT2D eigenvalue weighted by molar-refractivity contribution is 9.10. The normalized spacial score (nSPS) is 12.7. The Kier molecular flexibility index (Phi) is 5.29. The molecule has 0 aliphatic rings. The van der Waals surface area contributed by atoms with E-state index in [1.807, 2.05) is 12.1 Å². The van der Waals surface area contributed by atoms with Gasteiger partial charge in [-0.05, 0) is 60.1 Å². The van der Waals surface area contributed by atoms with E-state index in [4.69, 9.17) is 0 Å². The minimum atomic E-state index is -0.450. The molecule has 108 valence electrons. The van der Waals surface area contributed by atoms with Crippen LogP contribution in [-0.2, 0) is 0 Å². The summed E-state index contributed by atoms with van der Waals surface area (Å²) in [6, 6.07) is 6.43. The highest BCUT2D eigenvalue weighted by Gasteiger charge is 2.14. The average molecular weight is 360 g/mol. The van der Waals surface area contributed by atoms with Crippen molar-refractivity contribution in [2.75, 3.05) is 6.54 Å². The maximum absolute atomic E-state index is 13.9. The molecule has 0 spiro atoms. The SMILES string of the molecule is CCCNC(C)c1ccc(-c2cc(F)c(Br)cc2F)s1. The van der Waals surface area contributed by atoms with E-state index in [2.05, 4.69) is 35.1 Å². The lowest BCUT2D eigenvalue weighted by Gasteiger charge is -2.10.